The van der Waals surface area contributed by atoms with E-state index in [9.17, 15) is 0 Å². The van der Waals surface area contributed by atoms with Gasteiger partial charge in [-0.05, 0) is 40.3 Å². The molecule has 1 saturated carbocycles. The van der Waals surface area contributed by atoms with Crippen LogP contribution in [0.3, 0.4) is 0 Å². The van der Waals surface area contributed by atoms with Gasteiger partial charge in [0.25, 0.3) is 0 Å². The van der Waals surface area contributed by atoms with Crippen LogP contribution in [0, 0.1) is 5.41 Å². The summed E-state index contributed by atoms with van der Waals surface area (Å²) in [6, 6.07) is 2.88. The van der Waals surface area contributed by atoms with Crippen molar-refractivity contribution in [3.05, 3.63) is 20.8 Å². The Balaban J connectivity index is 1.79. The van der Waals surface area contributed by atoms with Crippen LogP contribution in [0.4, 0.5) is 0 Å². The smallest absolute Gasteiger partial charge is 0.0338 e. The van der Waals surface area contributed by atoms with Crippen LogP contribution >= 0.6 is 27.3 Å². The van der Waals surface area contributed by atoms with Crippen LogP contribution in [0.1, 0.15) is 51.3 Å². The van der Waals surface area contributed by atoms with Gasteiger partial charge in [-0.15, -0.1) is 11.3 Å². The number of hydrogen-bond acceptors (Lipinski definition) is 3. The van der Waals surface area contributed by atoms with E-state index in [1.54, 1.807) is 0 Å². The molecule has 1 spiro atoms. The zero-order valence-corrected chi connectivity index (χ0v) is 15.8. The van der Waals surface area contributed by atoms with Crippen LogP contribution in [0.2, 0.25) is 0 Å². The minimum atomic E-state index is 0.328. The quantitative estimate of drug-likeness (QED) is 0.815. The Bertz CT molecular complexity index is 485. The maximum absolute atomic E-state index is 3.87. The highest BCUT2D eigenvalue weighted by atomic mass is 79.9. The van der Waals surface area contributed by atoms with E-state index >= 15 is 0 Å². The number of thiophene rings is 1. The maximum Gasteiger partial charge on any atom is 0.0338 e. The molecule has 1 aromatic heterocycles. The second kappa shape index (κ2) is 5.95. The molecular weight excluding hydrogens is 344 g/mol. The molecule has 2 nitrogen and oxygen atoms in total. The number of halogens is 1. The molecule has 1 saturated heterocycles. The molecule has 1 aromatic rings. The standard InChI is InChI=1S/C17H27BrN2S/c1-16(2,3)15-10-20(9-14-8-13(18)11-21-14)17(12-19-15)6-4-5-7-17/h8,11,15,19H,4-7,9-10,12H2,1-3H3. The first-order chi connectivity index (χ1) is 9.89. The minimum absolute atomic E-state index is 0.328. The van der Waals surface area contributed by atoms with Crippen LogP contribution in [-0.2, 0) is 6.54 Å². The van der Waals surface area contributed by atoms with Gasteiger partial charge in [-0.3, -0.25) is 4.90 Å². The van der Waals surface area contributed by atoms with Crippen LogP contribution in [-0.4, -0.2) is 29.6 Å². The Morgan fingerprint density at radius 1 is 1.38 bits per heavy atom. The van der Waals surface area contributed by atoms with Crippen molar-refractivity contribution in [1.29, 1.82) is 0 Å². The molecule has 1 unspecified atom stereocenters. The van der Waals surface area contributed by atoms with Crippen molar-refractivity contribution in [2.24, 2.45) is 5.41 Å². The molecule has 0 radical (unpaired) electrons. The van der Waals surface area contributed by atoms with Crippen molar-refractivity contribution < 1.29 is 0 Å². The third kappa shape index (κ3) is 3.39. The van der Waals surface area contributed by atoms with Crippen molar-refractivity contribution in [3.63, 3.8) is 0 Å². The van der Waals surface area contributed by atoms with Gasteiger partial charge in [-0.25, -0.2) is 0 Å². The number of hydrogen-bond donors (Lipinski definition) is 1. The topological polar surface area (TPSA) is 15.3 Å². The Labute approximate surface area is 141 Å². The predicted molar refractivity (Wildman–Crippen MR) is 94.9 cm³/mol. The van der Waals surface area contributed by atoms with E-state index in [1.165, 1.54) is 48.1 Å². The van der Waals surface area contributed by atoms with Gasteiger partial charge in [0, 0.05) is 45.9 Å². The van der Waals surface area contributed by atoms with Crippen molar-refractivity contribution in [2.45, 2.75) is 64.6 Å². The molecule has 1 aliphatic carbocycles. The molecule has 3 rings (SSSR count). The summed E-state index contributed by atoms with van der Waals surface area (Å²) >= 11 is 5.48. The third-order valence-electron chi connectivity index (χ3n) is 5.30. The molecule has 1 atom stereocenters. The summed E-state index contributed by atoms with van der Waals surface area (Å²) in [5.41, 5.74) is 0.743. The highest BCUT2D eigenvalue weighted by molar-refractivity contribution is 9.10. The number of piperazine rings is 1. The lowest BCUT2D eigenvalue weighted by Gasteiger charge is -2.51. The molecule has 2 fully saturated rings. The fourth-order valence-corrected chi connectivity index (χ4v) is 5.33. The first-order valence-electron chi connectivity index (χ1n) is 8.10. The molecule has 2 aliphatic rings. The van der Waals surface area contributed by atoms with Crippen molar-refractivity contribution in [1.82, 2.24) is 10.2 Å². The van der Waals surface area contributed by atoms with Crippen molar-refractivity contribution >= 4 is 27.3 Å². The average molecular weight is 371 g/mol. The summed E-state index contributed by atoms with van der Waals surface area (Å²) in [4.78, 5) is 4.28. The molecule has 4 heteroatoms. The lowest BCUT2D eigenvalue weighted by Crippen LogP contribution is -2.65. The van der Waals surface area contributed by atoms with Gasteiger partial charge in [0.05, 0.1) is 0 Å². The van der Waals surface area contributed by atoms with Gasteiger partial charge in [0.15, 0.2) is 0 Å². The summed E-state index contributed by atoms with van der Waals surface area (Å²) in [6.07, 6.45) is 5.52. The van der Waals surface area contributed by atoms with Gasteiger partial charge in [0.1, 0.15) is 0 Å². The summed E-state index contributed by atoms with van der Waals surface area (Å²) in [5.74, 6) is 0. The number of nitrogens with one attached hydrogen (secondary N) is 1. The van der Waals surface area contributed by atoms with E-state index in [2.05, 4.69) is 58.4 Å². The summed E-state index contributed by atoms with van der Waals surface area (Å²) in [6.45, 7) is 10.5. The highest BCUT2D eigenvalue weighted by Crippen LogP contribution is 2.40. The predicted octanol–water partition coefficient (Wildman–Crippen LogP) is 4.64. The first kappa shape index (κ1) is 16.0. The largest absolute Gasteiger partial charge is 0.310 e. The van der Waals surface area contributed by atoms with Crippen molar-refractivity contribution in [2.75, 3.05) is 13.1 Å². The summed E-state index contributed by atoms with van der Waals surface area (Å²) < 4.78 is 1.23. The molecule has 0 amide bonds. The molecular formula is C17H27BrN2S. The molecule has 21 heavy (non-hydrogen) atoms. The van der Waals surface area contributed by atoms with E-state index in [4.69, 9.17) is 0 Å². The lowest BCUT2D eigenvalue weighted by atomic mass is 9.81. The SMILES string of the molecule is CC(C)(C)C1CN(Cc2cc(Br)cs2)C2(CCCC2)CN1. The van der Waals surface area contributed by atoms with E-state index in [1.807, 2.05) is 11.3 Å². The second-order valence-corrected chi connectivity index (χ2v) is 9.75. The molecule has 0 aromatic carbocycles. The molecule has 0 bridgehead atoms. The molecule has 2 heterocycles. The van der Waals surface area contributed by atoms with Gasteiger partial charge in [0.2, 0.25) is 0 Å². The molecule has 1 aliphatic heterocycles. The summed E-state index contributed by atoms with van der Waals surface area (Å²) in [7, 11) is 0. The fourth-order valence-electron chi connectivity index (χ4n) is 3.87. The summed E-state index contributed by atoms with van der Waals surface area (Å²) in [5, 5.41) is 6.07. The highest BCUT2D eigenvalue weighted by Gasteiger charge is 2.45. The van der Waals surface area contributed by atoms with Gasteiger partial charge < -0.3 is 5.32 Å². The van der Waals surface area contributed by atoms with E-state index in [0.717, 1.165) is 6.54 Å². The maximum atomic E-state index is 3.87. The van der Waals surface area contributed by atoms with E-state index < -0.39 is 0 Å². The molecule has 118 valence electrons. The van der Waals surface area contributed by atoms with Gasteiger partial charge in [-0.2, -0.15) is 0 Å². The van der Waals surface area contributed by atoms with Crippen LogP contribution in [0.15, 0.2) is 15.9 Å². The first-order valence-corrected chi connectivity index (χ1v) is 9.78. The van der Waals surface area contributed by atoms with E-state index in [-0.39, 0.29) is 0 Å². The monoisotopic (exact) mass is 370 g/mol. The Hall–Kier alpha value is 0.1000. The van der Waals surface area contributed by atoms with Crippen LogP contribution in [0.25, 0.3) is 0 Å². The zero-order chi connectivity index (χ0) is 15.1. The van der Waals surface area contributed by atoms with Crippen LogP contribution < -0.4 is 5.32 Å². The van der Waals surface area contributed by atoms with Gasteiger partial charge >= 0.3 is 0 Å². The van der Waals surface area contributed by atoms with E-state index in [0.29, 0.717) is 17.0 Å². The normalized spacial score (nSPS) is 26.6. The Kier molecular flexibility index (Phi) is 4.53. The zero-order valence-electron chi connectivity index (χ0n) is 13.4. The minimum Gasteiger partial charge on any atom is -0.310 e. The second-order valence-electron chi connectivity index (χ2n) is 7.84. The van der Waals surface area contributed by atoms with Crippen LogP contribution in [0.5, 0.6) is 0 Å². The van der Waals surface area contributed by atoms with Crippen molar-refractivity contribution in [3.8, 4) is 0 Å². The molecule has 1 N–H and O–H groups in total. The Morgan fingerprint density at radius 3 is 2.67 bits per heavy atom. The average Bonchev–Trinajstić information content (AvgIpc) is 3.01. The Morgan fingerprint density at radius 2 is 2.10 bits per heavy atom. The van der Waals surface area contributed by atoms with Gasteiger partial charge in [-0.1, -0.05) is 33.6 Å². The number of rotatable bonds is 2. The third-order valence-corrected chi connectivity index (χ3v) is 6.98. The lowest BCUT2D eigenvalue weighted by molar-refractivity contribution is 0.0115. The number of nitrogens with zero attached hydrogens (tertiary/aromatic N) is 1. The fraction of sp³-hybridized carbons (Fsp3) is 0.765.